The van der Waals surface area contributed by atoms with Crippen molar-refractivity contribution < 1.29 is 19.5 Å². The van der Waals surface area contributed by atoms with Crippen molar-refractivity contribution in [3.63, 3.8) is 0 Å². The monoisotopic (exact) mass is 457 g/mol. The van der Waals surface area contributed by atoms with E-state index in [1.54, 1.807) is 49.4 Å². The quantitative estimate of drug-likeness (QED) is 0.595. The second-order valence-corrected chi connectivity index (χ2v) is 7.48. The lowest BCUT2D eigenvalue weighted by molar-refractivity contribution is -0.308. The zero-order valence-corrected chi connectivity index (χ0v) is 17.8. The van der Waals surface area contributed by atoms with Gasteiger partial charge in [0, 0.05) is 10.0 Å². The van der Waals surface area contributed by atoms with Gasteiger partial charge in [0.1, 0.15) is 5.70 Å². The molecule has 0 aromatic heterocycles. The molecule has 0 unspecified atom stereocenters. The second-order valence-electron chi connectivity index (χ2n) is 6.57. The summed E-state index contributed by atoms with van der Waals surface area (Å²) >= 11 is 3.36. The number of aliphatic carboxylic acids is 1. The molecule has 0 saturated heterocycles. The van der Waals surface area contributed by atoms with Crippen LogP contribution in [0.25, 0.3) is 6.08 Å². The smallest absolute Gasteiger partial charge is 0.268 e. The molecule has 2 amide bonds. The van der Waals surface area contributed by atoms with Gasteiger partial charge < -0.3 is 20.5 Å². The van der Waals surface area contributed by atoms with Gasteiger partial charge >= 0.3 is 0 Å². The molecule has 0 aliphatic rings. The number of halogens is 1. The van der Waals surface area contributed by atoms with Crippen LogP contribution in [-0.2, 0) is 9.59 Å². The molecule has 7 heteroatoms. The van der Waals surface area contributed by atoms with Gasteiger partial charge in [-0.25, -0.2) is 0 Å². The fourth-order valence-corrected chi connectivity index (χ4v) is 3.01. The number of carbonyl (C=O) groups excluding carboxylic acids is 3. The molecule has 152 valence electrons. The van der Waals surface area contributed by atoms with Crippen molar-refractivity contribution in [1.82, 2.24) is 10.6 Å². The summed E-state index contributed by atoms with van der Waals surface area (Å²) < 4.78 is 0.800. The van der Waals surface area contributed by atoms with Crippen LogP contribution >= 0.6 is 15.9 Å². The molecule has 0 radical (unpaired) electrons. The van der Waals surface area contributed by atoms with Crippen LogP contribution in [0.1, 0.15) is 41.3 Å². The molecular weight excluding hydrogens is 436 g/mol. The summed E-state index contributed by atoms with van der Waals surface area (Å²) in [7, 11) is 0. The molecular formula is C22H22BrN2O4-. The van der Waals surface area contributed by atoms with Crippen molar-refractivity contribution in [2.45, 2.75) is 32.7 Å². The van der Waals surface area contributed by atoms with E-state index < -0.39 is 23.8 Å². The van der Waals surface area contributed by atoms with Crippen molar-refractivity contribution in [2.24, 2.45) is 0 Å². The summed E-state index contributed by atoms with van der Waals surface area (Å²) in [6, 6.07) is 12.9. The van der Waals surface area contributed by atoms with Crippen LogP contribution in [-0.4, -0.2) is 23.8 Å². The minimum absolute atomic E-state index is 0.0592. The predicted octanol–water partition coefficient (Wildman–Crippen LogP) is 2.56. The standard InChI is InChI=1S/C22H23BrN2O4/c1-3-5-18(22(28)29)24-21(27)19(13-15-6-4-7-17(23)12-15)25-20(26)16-10-8-14(2)9-11-16/h4,6-13,18H,3,5H2,1-2H3,(H,24,27)(H,25,26)(H,28,29)/p-1/b19-13-/t18-/m0/s1. The fourth-order valence-electron chi connectivity index (χ4n) is 2.59. The Balaban J connectivity index is 2.32. The van der Waals surface area contributed by atoms with Gasteiger partial charge in [-0.3, -0.25) is 9.59 Å². The molecule has 2 rings (SSSR count). The van der Waals surface area contributed by atoms with E-state index in [1.165, 1.54) is 6.08 Å². The topological polar surface area (TPSA) is 98.3 Å². The van der Waals surface area contributed by atoms with Crippen LogP contribution in [0.4, 0.5) is 0 Å². The van der Waals surface area contributed by atoms with E-state index in [0.717, 1.165) is 10.0 Å². The van der Waals surface area contributed by atoms with E-state index in [0.29, 0.717) is 17.5 Å². The number of carbonyl (C=O) groups is 3. The van der Waals surface area contributed by atoms with Crippen molar-refractivity contribution in [3.8, 4) is 0 Å². The second kappa shape index (κ2) is 10.6. The van der Waals surface area contributed by atoms with E-state index in [9.17, 15) is 19.5 Å². The molecule has 6 nitrogen and oxygen atoms in total. The molecule has 2 N–H and O–H groups in total. The fraction of sp³-hybridized carbons (Fsp3) is 0.227. The Labute approximate surface area is 178 Å². The first-order valence-electron chi connectivity index (χ1n) is 9.17. The molecule has 0 saturated carbocycles. The van der Waals surface area contributed by atoms with Crippen LogP contribution in [0.15, 0.2) is 58.7 Å². The third-order valence-electron chi connectivity index (χ3n) is 4.13. The van der Waals surface area contributed by atoms with Gasteiger partial charge in [0.2, 0.25) is 0 Å². The highest BCUT2D eigenvalue weighted by molar-refractivity contribution is 9.10. The van der Waals surface area contributed by atoms with E-state index in [1.807, 2.05) is 13.0 Å². The Morgan fingerprint density at radius 3 is 2.41 bits per heavy atom. The van der Waals surface area contributed by atoms with E-state index in [4.69, 9.17) is 0 Å². The van der Waals surface area contributed by atoms with Gasteiger partial charge in [-0.2, -0.15) is 0 Å². The Morgan fingerprint density at radius 1 is 1.14 bits per heavy atom. The first-order valence-corrected chi connectivity index (χ1v) is 9.96. The third-order valence-corrected chi connectivity index (χ3v) is 4.63. The number of carboxylic acid groups (broad SMARTS) is 1. The van der Waals surface area contributed by atoms with Gasteiger partial charge in [0.05, 0.1) is 12.0 Å². The lowest BCUT2D eigenvalue weighted by Gasteiger charge is -2.20. The first kappa shape index (κ1) is 22.4. The Morgan fingerprint density at radius 2 is 1.83 bits per heavy atom. The van der Waals surface area contributed by atoms with Gasteiger partial charge in [0.25, 0.3) is 11.8 Å². The first-order chi connectivity index (χ1) is 13.8. The normalized spacial score (nSPS) is 12.2. The van der Waals surface area contributed by atoms with Crippen molar-refractivity contribution in [1.29, 1.82) is 0 Å². The largest absolute Gasteiger partial charge is 0.548 e. The Bertz CT molecular complexity index is 923. The molecule has 0 aliphatic heterocycles. The number of hydrogen-bond acceptors (Lipinski definition) is 4. The zero-order valence-electron chi connectivity index (χ0n) is 16.2. The maximum absolute atomic E-state index is 12.7. The van der Waals surface area contributed by atoms with Crippen molar-refractivity contribution >= 4 is 39.8 Å². The maximum atomic E-state index is 12.7. The van der Waals surface area contributed by atoms with Gasteiger partial charge in [-0.1, -0.05) is 59.1 Å². The van der Waals surface area contributed by atoms with E-state index in [2.05, 4.69) is 26.6 Å². The SMILES string of the molecule is CCC[C@H](NC(=O)/C(=C/c1cccc(Br)c1)NC(=O)c1ccc(C)cc1)C(=O)[O-]. The van der Waals surface area contributed by atoms with Crippen molar-refractivity contribution in [3.05, 3.63) is 75.4 Å². The number of amides is 2. The zero-order chi connectivity index (χ0) is 21.4. The van der Waals surface area contributed by atoms with E-state index >= 15 is 0 Å². The predicted molar refractivity (Wildman–Crippen MR) is 113 cm³/mol. The van der Waals surface area contributed by atoms with Gasteiger partial charge in [-0.05, 0) is 49.2 Å². The molecule has 29 heavy (non-hydrogen) atoms. The summed E-state index contributed by atoms with van der Waals surface area (Å²) in [6.45, 7) is 3.71. The maximum Gasteiger partial charge on any atom is 0.268 e. The number of carboxylic acids is 1. The molecule has 1 atom stereocenters. The average Bonchev–Trinajstić information content (AvgIpc) is 2.67. The highest BCUT2D eigenvalue weighted by Crippen LogP contribution is 2.15. The van der Waals surface area contributed by atoms with E-state index in [-0.39, 0.29) is 12.1 Å². The summed E-state index contributed by atoms with van der Waals surface area (Å²) in [5.74, 6) is -2.54. The molecule has 2 aromatic carbocycles. The molecule has 0 aliphatic carbocycles. The molecule has 0 bridgehead atoms. The highest BCUT2D eigenvalue weighted by atomic mass is 79.9. The van der Waals surface area contributed by atoms with Crippen molar-refractivity contribution in [2.75, 3.05) is 0 Å². The molecule has 0 heterocycles. The third kappa shape index (κ3) is 6.87. The number of hydrogen-bond donors (Lipinski definition) is 2. The molecule has 0 fully saturated rings. The number of aryl methyl sites for hydroxylation is 1. The summed E-state index contributed by atoms with van der Waals surface area (Å²) in [6.07, 6.45) is 2.27. The number of rotatable bonds is 8. The van der Waals surface area contributed by atoms with Crippen LogP contribution in [0.2, 0.25) is 0 Å². The molecule has 0 spiro atoms. The number of benzene rings is 2. The summed E-state index contributed by atoms with van der Waals surface area (Å²) in [5.41, 5.74) is 1.99. The Hall–Kier alpha value is -2.93. The minimum Gasteiger partial charge on any atom is -0.548 e. The highest BCUT2D eigenvalue weighted by Gasteiger charge is 2.19. The minimum atomic E-state index is -1.37. The van der Waals surface area contributed by atoms with Crippen LogP contribution < -0.4 is 15.7 Å². The van der Waals surface area contributed by atoms with Crippen LogP contribution in [0.3, 0.4) is 0 Å². The average molecular weight is 458 g/mol. The summed E-state index contributed by atoms with van der Waals surface area (Å²) in [5, 5.41) is 16.3. The van der Waals surface area contributed by atoms with Crippen LogP contribution in [0.5, 0.6) is 0 Å². The lowest BCUT2D eigenvalue weighted by Crippen LogP contribution is -2.49. The lowest BCUT2D eigenvalue weighted by atomic mass is 10.1. The summed E-state index contributed by atoms with van der Waals surface area (Å²) in [4.78, 5) is 36.6. The molecule has 2 aromatic rings. The van der Waals surface area contributed by atoms with Gasteiger partial charge in [0.15, 0.2) is 0 Å². The van der Waals surface area contributed by atoms with Crippen LogP contribution in [0, 0.1) is 6.92 Å². The van der Waals surface area contributed by atoms with Gasteiger partial charge in [-0.15, -0.1) is 0 Å². The Kier molecular flexibility index (Phi) is 8.15. The number of nitrogens with one attached hydrogen (secondary N) is 2.